The van der Waals surface area contributed by atoms with Gasteiger partial charge in [-0.15, -0.1) is 11.8 Å². The van der Waals surface area contributed by atoms with Gasteiger partial charge in [0.15, 0.2) is 11.5 Å². The van der Waals surface area contributed by atoms with Gasteiger partial charge in [0, 0.05) is 16.6 Å². The molecule has 1 heterocycles. The molecule has 2 N–H and O–H groups in total. The van der Waals surface area contributed by atoms with Crippen LogP contribution in [0.25, 0.3) is 0 Å². The Hall–Kier alpha value is -1.56. The summed E-state index contributed by atoms with van der Waals surface area (Å²) in [5.41, 5.74) is 6.47. The summed E-state index contributed by atoms with van der Waals surface area (Å²) in [5, 5.41) is 0. The molecule has 0 spiro atoms. The maximum atomic E-state index is 11.3. The molecule has 0 radical (unpaired) electrons. The van der Waals surface area contributed by atoms with Crippen molar-refractivity contribution in [2.24, 2.45) is 0 Å². The van der Waals surface area contributed by atoms with Crippen molar-refractivity contribution in [2.45, 2.75) is 11.8 Å². The van der Waals surface area contributed by atoms with E-state index >= 15 is 0 Å². The van der Waals surface area contributed by atoms with E-state index in [1.165, 1.54) is 11.8 Å². The van der Waals surface area contributed by atoms with Gasteiger partial charge in [-0.05, 0) is 13.0 Å². The smallest absolute Gasteiger partial charge is 0.316 e. The second-order valence-electron chi connectivity index (χ2n) is 3.63. The third-order valence-electron chi connectivity index (χ3n) is 2.33. The van der Waals surface area contributed by atoms with E-state index in [0.29, 0.717) is 37.0 Å². The van der Waals surface area contributed by atoms with Crippen LogP contribution in [0.1, 0.15) is 6.92 Å². The van der Waals surface area contributed by atoms with Crippen LogP contribution < -0.4 is 15.2 Å². The Kier molecular flexibility index (Phi) is 4.19. The quantitative estimate of drug-likeness (QED) is 0.509. The molecule has 98 valence electrons. The van der Waals surface area contributed by atoms with E-state index in [-0.39, 0.29) is 11.7 Å². The third kappa shape index (κ3) is 3.01. The van der Waals surface area contributed by atoms with Crippen molar-refractivity contribution in [3.05, 3.63) is 12.1 Å². The maximum absolute atomic E-state index is 11.3. The van der Waals surface area contributed by atoms with Gasteiger partial charge >= 0.3 is 5.97 Å². The number of benzene rings is 1. The molecule has 5 nitrogen and oxygen atoms in total. The average Bonchev–Trinajstić information content (AvgIpc) is 2.36. The lowest BCUT2D eigenvalue weighted by atomic mass is 10.2. The zero-order valence-electron chi connectivity index (χ0n) is 10.1. The summed E-state index contributed by atoms with van der Waals surface area (Å²) in [6.07, 6.45) is 0. The SMILES string of the molecule is CCOC(=O)CSc1cc2c(cc1N)OCCO2. The Morgan fingerprint density at radius 2 is 2.06 bits per heavy atom. The van der Waals surface area contributed by atoms with Crippen molar-refractivity contribution in [3.63, 3.8) is 0 Å². The second kappa shape index (κ2) is 5.86. The molecule has 2 rings (SSSR count). The minimum absolute atomic E-state index is 0.234. The summed E-state index contributed by atoms with van der Waals surface area (Å²) < 4.78 is 15.7. The number of fused-ring (bicyclic) bond motifs is 1. The number of esters is 1. The number of rotatable bonds is 4. The van der Waals surface area contributed by atoms with E-state index in [1.54, 1.807) is 19.1 Å². The lowest BCUT2D eigenvalue weighted by molar-refractivity contribution is -0.139. The summed E-state index contributed by atoms with van der Waals surface area (Å²) >= 11 is 1.33. The summed E-state index contributed by atoms with van der Waals surface area (Å²) in [7, 11) is 0. The topological polar surface area (TPSA) is 70.8 Å². The molecule has 0 saturated heterocycles. The fourth-order valence-corrected chi connectivity index (χ4v) is 2.32. The molecule has 1 aliphatic rings. The number of carbonyl (C=O) groups excluding carboxylic acids is 1. The molecule has 1 aromatic carbocycles. The van der Waals surface area contributed by atoms with Crippen LogP contribution in [-0.2, 0) is 9.53 Å². The molecule has 0 fully saturated rings. The molecule has 6 heteroatoms. The number of carbonyl (C=O) groups is 1. The van der Waals surface area contributed by atoms with Crippen molar-refractivity contribution in [1.82, 2.24) is 0 Å². The normalized spacial score (nSPS) is 13.2. The monoisotopic (exact) mass is 269 g/mol. The minimum Gasteiger partial charge on any atom is -0.486 e. The first kappa shape index (κ1) is 12.9. The van der Waals surface area contributed by atoms with Crippen LogP contribution in [-0.4, -0.2) is 31.5 Å². The van der Waals surface area contributed by atoms with E-state index in [2.05, 4.69) is 0 Å². The van der Waals surface area contributed by atoms with Crippen LogP contribution in [0.15, 0.2) is 17.0 Å². The fraction of sp³-hybridized carbons (Fsp3) is 0.417. The molecule has 1 aliphatic heterocycles. The van der Waals surface area contributed by atoms with Gasteiger partial charge in [0.25, 0.3) is 0 Å². The van der Waals surface area contributed by atoms with Gasteiger partial charge in [-0.25, -0.2) is 0 Å². The van der Waals surface area contributed by atoms with Gasteiger partial charge in [-0.2, -0.15) is 0 Å². The van der Waals surface area contributed by atoms with Gasteiger partial charge in [-0.1, -0.05) is 0 Å². The highest BCUT2D eigenvalue weighted by molar-refractivity contribution is 8.00. The Morgan fingerprint density at radius 1 is 1.39 bits per heavy atom. The van der Waals surface area contributed by atoms with E-state index in [4.69, 9.17) is 19.9 Å². The summed E-state index contributed by atoms with van der Waals surface area (Å²) in [4.78, 5) is 12.1. The summed E-state index contributed by atoms with van der Waals surface area (Å²) in [5.74, 6) is 1.30. The van der Waals surface area contributed by atoms with E-state index in [9.17, 15) is 4.79 Å². The van der Waals surface area contributed by atoms with E-state index in [0.717, 1.165) is 4.90 Å². The van der Waals surface area contributed by atoms with Gasteiger partial charge in [0.1, 0.15) is 13.2 Å². The molecule has 0 atom stereocenters. The number of anilines is 1. The number of nitrogens with two attached hydrogens (primary N) is 1. The standard InChI is InChI=1S/C12H15NO4S/c1-2-15-12(14)7-18-11-6-10-9(5-8(11)13)16-3-4-17-10/h5-6H,2-4,7,13H2,1H3. The van der Waals surface area contributed by atoms with Gasteiger partial charge < -0.3 is 19.9 Å². The highest BCUT2D eigenvalue weighted by atomic mass is 32.2. The Bertz CT molecular complexity index is 450. The van der Waals surface area contributed by atoms with Crippen LogP contribution in [0.3, 0.4) is 0 Å². The first-order chi connectivity index (χ1) is 8.70. The van der Waals surface area contributed by atoms with Crippen molar-refractivity contribution in [2.75, 3.05) is 31.3 Å². The van der Waals surface area contributed by atoms with Gasteiger partial charge in [-0.3, -0.25) is 4.79 Å². The molecule has 0 aliphatic carbocycles. The van der Waals surface area contributed by atoms with Gasteiger partial charge in [0.05, 0.1) is 12.4 Å². The molecule has 0 amide bonds. The highest BCUT2D eigenvalue weighted by Crippen LogP contribution is 2.38. The Labute approximate surface area is 110 Å². The number of ether oxygens (including phenoxy) is 3. The average molecular weight is 269 g/mol. The highest BCUT2D eigenvalue weighted by Gasteiger charge is 2.15. The van der Waals surface area contributed by atoms with Crippen LogP contribution in [0.5, 0.6) is 11.5 Å². The van der Waals surface area contributed by atoms with Crippen LogP contribution in [0.4, 0.5) is 5.69 Å². The van der Waals surface area contributed by atoms with Crippen LogP contribution in [0.2, 0.25) is 0 Å². The summed E-state index contributed by atoms with van der Waals surface area (Å²) in [6, 6.07) is 3.52. The van der Waals surface area contributed by atoms with Crippen molar-refractivity contribution < 1.29 is 19.0 Å². The number of hydrogen-bond acceptors (Lipinski definition) is 6. The predicted molar refractivity (Wildman–Crippen MR) is 69.2 cm³/mol. The summed E-state index contributed by atoms with van der Waals surface area (Å²) in [6.45, 7) is 3.22. The largest absolute Gasteiger partial charge is 0.486 e. The first-order valence-corrected chi connectivity index (χ1v) is 6.66. The molecule has 1 aromatic rings. The lowest BCUT2D eigenvalue weighted by Gasteiger charge is -2.19. The maximum Gasteiger partial charge on any atom is 0.316 e. The lowest BCUT2D eigenvalue weighted by Crippen LogP contribution is -2.15. The van der Waals surface area contributed by atoms with Crippen molar-refractivity contribution in [3.8, 4) is 11.5 Å². The first-order valence-electron chi connectivity index (χ1n) is 5.68. The molecule has 0 aromatic heterocycles. The van der Waals surface area contributed by atoms with Crippen molar-refractivity contribution in [1.29, 1.82) is 0 Å². The van der Waals surface area contributed by atoms with Gasteiger partial charge in [0.2, 0.25) is 0 Å². The minimum atomic E-state index is -0.253. The van der Waals surface area contributed by atoms with E-state index in [1.807, 2.05) is 0 Å². The Morgan fingerprint density at radius 3 is 2.72 bits per heavy atom. The number of hydrogen-bond donors (Lipinski definition) is 1. The number of thioether (sulfide) groups is 1. The number of nitrogen functional groups attached to an aromatic ring is 1. The molecule has 0 saturated carbocycles. The van der Waals surface area contributed by atoms with Crippen LogP contribution >= 0.6 is 11.8 Å². The second-order valence-corrected chi connectivity index (χ2v) is 4.64. The predicted octanol–water partition coefficient (Wildman–Crippen LogP) is 1.70. The van der Waals surface area contributed by atoms with Crippen molar-refractivity contribution >= 4 is 23.4 Å². The zero-order valence-corrected chi connectivity index (χ0v) is 10.9. The molecule has 0 unspecified atom stereocenters. The Balaban J connectivity index is 2.06. The molecular weight excluding hydrogens is 254 g/mol. The van der Waals surface area contributed by atoms with Crippen LogP contribution in [0, 0.1) is 0 Å². The molecular formula is C12H15NO4S. The molecule has 18 heavy (non-hydrogen) atoms. The zero-order chi connectivity index (χ0) is 13.0. The fourth-order valence-electron chi connectivity index (χ4n) is 1.55. The van der Waals surface area contributed by atoms with E-state index < -0.39 is 0 Å². The molecule has 0 bridgehead atoms. The third-order valence-corrected chi connectivity index (χ3v) is 3.37.